The van der Waals surface area contributed by atoms with Crippen LogP contribution < -0.4 is 16.0 Å². The Kier molecular flexibility index (Phi) is 6.49. The summed E-state index contributed by atoms with van der Waals surface area (Å²) in [5.74, 6) is -1.27. The van der Waals surface area contributed by atoms with Crippen LogP contribution in [0.25, 0.3) is 0 Å². The van der Waals surface area contributed by atoms with Gasteiger partial charge in [-0.05, 0) is 25.1 Å². The number of carbonyl (C=O) groups excluding carboxylic acids is 3. The molecule has 0 bridgehead atoms. The van der Waals surface area contributed by atoms with Crippen LogP contribution >= 0.6 is 11.6 Å². The maximum atomic E-state index is 12.8. The molecule has 0 spiro atoms. The molecule has 2 aromatic rings. The number of amides is 2. The van der Waals surface area contributed by atoms with Gasteiger partial charge in [0.05, 0.1) is 12.6 Å². The minimum Gasteiger partial charge on any atom is -0.365 e. The predicted molar refractivity (Wildman–Crippen MR) is 101 cm³/mol. The first-order valence-electron chi connectivity index (χ1n) is 7.99. The van der Waals surface area contributed by atoms with E-state index in [2.05, 4.69) is 5.32 Å². The van der Waals surface area contributed by atoms with Gasteiger partial charge < -0.3 is 10.6 Å². The van der Waals surface area contributed by atoms with Gasteiger partial charge in [0.25, 0.3) is 0 Å². The highest BCUT2D eigenvalue weighted by Crippen LogP contribution is 2.26. The van der Waals surface area contributed by atoms with Crippen LogP contribution in [0.2, 0.25) is 5.02 Å². The van der Waals surface area contributed by atoms with Crippen LogP contribution in [-0.2, 0) is 9.59 Å². The van der Waals surface area contributed by atoms with Crippen LogP contribution in [0.5, 0.6) is 0 Å². The van der Waals surface area contributed by atoms with E-state index in [1.807, 2.05) is 6.07 Å². The molecule has 26 heavy (non-hydrogen) atoms. The lowest BCUT2D eigenvalue weighted by Crippen LogP contribution is -2.45. The Hall–Kier alpha value is -2.70. The van der Waals surface area contributed by atoms with Crippen molar-refractivity contribution in [2.45, 2.75) is 13.0 Å². The topological polar surface area (TPSA) is 92.5 Å². The highest BCUT2D eigenvalue weighted by atomic mass is 35.5. The molecule has 6 nitrogen and oxygen atoms in total. The number of benzene rings is 2. The average Bonchev–Trinajstić information content (AvgIpc) is 2.61. The van der Waals surface area contributed by atoms with Gasteiger partial charge in [-0.15, -0.1) is 0 Å². The number of hydrogen-bond acceptors (Lipinski definition) is 5. The SMILES string of the molecule is C[C@H](N)C(=O)NC(=O)CN(C)c1ccc(Cl)cc1C(=O)c1ccccc1. The fourth-order valence-electron chi connectivity index (χ4n) is 2.36. The van der Waals surface area contributed by atoms with Crippen LogP contribution in [0.3, 0.4) is 0 Å². The van der Waals surface area contributed by atoms with Gasteiger partial charge in [0.15, 0.2) is 5.78 Å². The Morgan fingerprint density at radius 1 is 1.15 bits per heavy atom. The molecule has 7 heteroatoms. The lowest BCUT2D eigenvalue weighted by molar-refractivity contribution is -0.130. The summed E-state index contributed by atoms with van der Waals surface area (Å²) < 4.78 is 0. The molecule has 0 aromatic heterocycles. The summed E-state index contributed by atoms with van der Waals surface area (Å²) in [6.45, 7) is 1.37. The number of ketones is 1. The summed E-state index contributed by atoms with van der Waals surface area (Å²) in [5.41, 5.74) is 6.86. The average molecular weight is 374 g/mol. The molecular weight excluding hydrogens is 354 g/mol. The Labute approximate surface area is 156 Å². The first-order chi connectivity index (χ1) is 12.3. The molecule has 0 saturated heterocycles. The van der Waals surface area contributed by atoms with E-state index >= 15 is 0 Å². The fraction of sp³-hybridized carbons (Fsp3) is 0.211. The van der Waals surface area contributed by atoms with E-state index in [-0.39, 0.29) is 12.3 Å². The Bertz CT molecular complexity index is 822. The number of hydrogen-bond donors (Lipinski definition) is 2. The van der Waals surface area contributed by atoms with E-state index in [0.29, 0.717) is 21.8 Å². The monoisotopic (exact) mass is 373 g/mol. The first kappa shape index (κ1) is 19.6. The number of anilines is 1. The summed E-state index contributed by atoms with van der Waals surface area (Å²) in [4.78, 5) is 37.9. The van der Waals surface area contributed by atoms with E-state index in [1.165, 1.54) is 6.92 Å². The molecule has 0 heterocycles. The normalized spacial score (nSPS) is 11.5. The second-order valence-corrected chi connectivity index (χ2v) is 6.35. The van der Waals surface area contributed by atoms with Gasteiger partial charge in [-0.1, -0.05) is 41.9 Å². The van der Waals surface area contributed by atoms with Gasteiger partial charge >= 0.3 is 0 Å². The molecule has 0 aliphatic rings. The van der Waals surface area contributed by atoms with E-state index in [1.54, 1.807) is 54.4 Å². The highest BCUT2D eigenvalue weighted by Gasteiger charge is 2.19. The number of carbonyl (C=O) groups is 3. The zero-order valence-electron chi connectivity index (χ0n) is 14.5. The summed E-state index contributed by atoms with van der Waals surface area (Å²) in [6.07, 6.45) is 0. The van der Waals surface area contributed by atoms with E-state index in [0.717, 1.165) is 0 Å². The summed E-state index contributed by atoms with van der Waals surface area (Å²) >= 11 is 6.05. The largest absolute Gasteiger partial charge is 0.365 e. The molecule has 3 N–H and O–H groups in total. The van der Waals surface area contributed by atoms with Gasteiger partial charge in [-0.25, -0.2) is 0 Å². The molecule has 136 valence electrons. The molecule has 0 fully saturated rings. The Morgan fingerprint density at radius 2 is 1.81 bits per heavy atom. The summed E-state index contributed by atoms with van der Waals surface area (Å²) in [7, 11) is 1.65. The van der Waals surface area contributed by atoms with Gasteiger partial charge in [0.2, 0.25) is 11.8 Å². The molecule has 2 rings (SSSR count). The number of imide groups is 1. The predicted octanol–water partition coefficient (Wildman–Crippen LogP) is 2.00. The zero-order valence-corrected chi connectivity index (χ0v) is 15.3. The van der Waals surface area contributed by atoms with E-state index < -0.39 is 17.9 Å². The van der Waals surface area contributed by atoms with Crippen molar-refractivity contribution in [1.29, 1.82) is 0 Å². The molecule has 0 aliphatic heterocycles. The van der Waals surface area contributed by atoms with Crippen molar-refractivity contribution < 1.29 is 14.4 Å². The molecule has 2 amide bonds. The third kappa shape index (κ3) is 4.91. The minimum absolute atomic E-state index is 0.116. The number of nitrogens with zero attached hydrogens (tertiary/aromatic N) is 1. The molecule has 1 atom stereocenters. The third-order valence-electron chi connectivity index (χ3n) is 3.71. The smallest absolute Gasteiger partial charge is 0.246 e. The zero-order chi connectivity index (χ0) is 19.3. The molecule has 0 unspecified atom stereocenters. The lowest BCUT2D eigenvalue weighted by atomic mass is 10.0. The lowest BCUT2D eigenvalue weighted by Gasteiger charge is -2.22. The minimum atomic E-state index is -0.782. The molecule has 2 aromatic carbocycles. The second-order valence-electron chi connectivity index (χ2n) is 5.91. The van der Waals surface area contributed by atoms with E-state index in [9.17, 15) is 14.4 Å². The van der Waals surface area contributed by atoms with Crippen molar-refractivity contribution >= 4 is 34.9 Å². The fourth-order valence-corrected chi connectivity index (χ4v) is 2.53. The van der Waals surface area contributed by atoms with Crippen molar-refractivity contribution in [2.75, 3.05) is 18.5 Å². The molecule has 0 radical (unpaired) electrons. The maximum Gasteiger partial charge on any atom is 0.246 e. The van der Waals surface area contributed by atoms with Crippen LogP contribution in [0.1, 0.15) is 22.8 Å². The van der Waals surface area contributed by atoms with Crippen molar-refractivity contribution in [3.63, 3.8) is 0 Å². The van der Waals surface area contributed by atoms with Gasteiger partial charge in [-0.3, -0.25) is 19.7 Å². The third-order valence-corrected chi connectivity index (χ3v) is 3.94. The number of halogens is 1. The number of nitrogens with one attached hydrogen (secondary N) is 1. The van der Waals surface area contributed by atoms with Crippen LogP contribution in [0.4, 0.5) is 5.69 Å². The second kappa shape index (κ2) is 8.60. The van der Waals surface area contributed by atoms with Crippen LogP contribution in [0.15, 0.2) is 48.5 Å². The quantitative estimate of drug-likeness (QED) is 0.755. The van der Waals surface area contributed by atoms with E-state index in [4.69, 9.17) is 17.3 Å². The number of likely N-dealkylation sites (N-methyl/N-ethyl adjacent to an activating group) is 1. The highest BCUT2D eigenvalue weighted by molar-refractivity contribution is 6.31. The van der Waals surface area contributed by atoms with Crippen LogP contribution in [-0.4, -0.2) is 37.2 Å². The standard InChI is InChI=1S/C19H20ClN3O3/c1-12(21)19(26)22-17(24)11-23(2)16-9-8-14(20)10-15(16)18(25)13-6-4-3-5-7-13/h3-10,12H,11,21H2,1-2H3,(H,22,24,26)/t12-/m0/s1. The Morgan fingerprint density at radius 3 is 2.42 bits per heavy atom. The Balaban J connectivity index is 2.25. The maximum absolute atomic E-state index is 12.8. The summed E-state index contributed by atoms with van der Waals surface area (Å²) in [6, 6.07) is 12.9. The van der Waals surface area contributed by atoms with Crippen molar-refractivity contribution in [3.8, 4) is 0 Å². The van der Waals surface area contributed by atoms with Crippen molar-refractivity contribution in [2.24, 2.45) is 5.73 Å². The van der Waals surface area contributed by atoms with Crippen molar-refractivity contribution in [1.82, 2.24) is 5.32 Å². The first-order valence-corrected chi connectivity index (χ1v) is 8.37. The van der Waals surface area contributed by atoms with Gasteiger partial charge in [-0.2, -0.15) is 0 Å². The number of rotatable bonds is 6. The summed E-state index contributed by atoms with van der Waals surface area (Å²) in [5, 5.41) is 2.63. The van der Waals surface area contributed by atoms with Crippen LogP contribution in [0, 0.1) is 0 Å². The van der Waals surface area contributed by atoms with Gasteiger partial charge in [0, 0.05) is 28.9 Å². The van der Waals surface area contributed by atoms with Crippen molar-refractivity contribution in [3.05, 3.63) is 64.7 Å². The van der Waals surface area contributed by atoms with Gasteiger partial charge in [0.1, 0.15) is 0 Å². The molecule has 0 saturated carbocycles. The molecule has 0 aliphatic carbocycles. The molecular formula is C19H20ClN3O3. The number of nitrogens with two attached hydrogens (primary N) is 1.